The van der Waals surface area contributed by atoms with Gasteiger partial charge in [-0.15, -0.1) is 0 Å². The fourth-order valence-corrected chi connectivity index (χ4v) is 2.14. The van der Waals surface area contributed by atoms with Crippen molar-refractivity contribution in [3.8, 4) is 5.69 Å². The molecule has 0 atom stereocenters. The number of thiocarbonyl (C=S) groups is 1. The smallest absolute Gasteiger partial charge is 0.341 e. The fraction of sp³-hybridized carbons (Fsp3) is 0.154. The Labute approximate surface area is 126 Å². The van der Waals surface area contributed by atoms with Crippen molar-refractivity contribution < 1.29 is 9.53 Å². The molecular weight excluding hydrogens is 298 g/mol. The van der Waals surface area contributed by atoms with Crippen LogP contribution >= 0.6 is 23.8 Å². The third kappa shape index (κ3) is 2.97. The average molecular weight is 310 g/mol. The molecule has 1 heterocycles. The van der Waals surface area contributed by atoms with Crippen LogP contribution < -0.4 is 5.73 Å². The molecule has 0 fully saturated rings. The number of esters is 1. The molecule has 0 saturated heterocycles. The molecule has 0 spiro atoms. The lowest BCUT2D eigenvalue weighted by molar-refractivity contribution is 0.0526. The highest BCUT2D eigenvalue weighted by atomic mass is 35.5. The van der Waals surface area contributed by atoms with E-state index in [1.807, 2.05) is 0 Å². The molecule has 0 amide bonds. The van der Waals surface area contributed by atoms with E-state index in [9.17, 15) is 4.79 Å². The van der Waals surface area contributed by atoms with E-state index in [1.54, 1.807) is 31.3 Å². The van der Waals surface area contributed by atoms with Crippen molar-refractivity contribution in [2.45, 2.75) is 6.92 Å². The second-order valence-corrected chi connectivity index (χ2v) is 4.77. The second kappa shape index (κ2) is 6.02. The summed E-state index contributed by atoms with van der Waals surface area (Å²) in [6.45, 7) is 2.06. The predicted molar refractivity (Wildman–Crippen MR) is 80.4 cm³/mol. The van der Waals surface area contributed by atoms with Crippen LogP contribution in [0.15, 0.2) is 30.6 Å². The topological polar surface area (TPSA) is 70.1 Å². The number of nitrogens with two attached hydrogens (primary N) is 1. The normalized spacial score (nSPS) is 10.3. The van der Waals surface area contributed by atoms with E-state index in [0.717, 1.165) is 0 Å². The first-order valence-corrected chi connectivity index (χ1v) is 6.63. The molecule has 5 nitrogen and oxygen atoms in total. The Morgan fingerprint density at radius 3 is 2.90 bits per heavy atom. The number of ether oxygens (including phenoxy) is 1. The molecule has 2 N–H and O–H groups in total. The average Bonchev–Trinajstić information content (AvgIpc) is 2.88. The first-order valence-electron chi connectivity index (χ1n) is 5.84. The van der Waals surface area contributed by atoms with Crippen LogP contribution in [0, 0.1) is 0 Å². The molecule has 1 aromatic carbocycles. The predicted octanol–water partition coefficient (Wildman–Crippen LogP) is 2.34. The minimum atomic E-state index is -0.412. The highest BCUT2D eigenvalue weighted by Gasteiger charge is 2.11. The number of rotatable bonds is 4. The maximum Gasteiger partial charge on any atom is 0.341 e. The van der Waals surface area contributed by atoms with E-state index in [-0.39, 0.29) is 4.99 Å². The Kier molecular flexibility index (Phi) is 4.36. The highest BCUT2D eigenvalue weighted by Crippen LogP contribution is 2.20. The van der Waals surface area contributed by atoms with Crippen molar-refractivity contribution in [2.75, 3.05) is 6.61 Å². The maximum atomic E-state index is 11.6. The molecule has 104 valence electrons. The standard InChI is InChI=1S/C13H12ClN3O2S/c1-2-19-13(18)8-6-16-17(7-8)9-3-4-10(12(15)20)11(14)5-9/h3-7H,2H2,1H3,(H2,15,20). The molecule has 20 heavy (non-hydrogen) atoms. The van der Waals surface area contributed by atoms with Gasteiger partial charge in [0.2, 0.25) is 0 Å². The fourth-order valence-electron chi connectivity index (χ4n) is 1.63. The lowest BCUT2D eigenvalue weighted by atomic mass is 10.2. The minimum Gasteiger partial charge on any atom is -0.462 e. The van der Waals surface area contributed by atoms with Gasteiger partial charge in [-0.25, -0.2) is 9.48 Å². The van der Waals surface area contributed by atoms with Crippen LogP contribution in [0.4, 0.5) is 0 Å². The van der Waals surface area contributed by atoms with E-state index < -0.39 is 5.97 Å². The van der Waals surface area contributed by atoms with Crippen LogP contribution in [0.2, 0.25) is 5.02 Å². The monoisotopic (exact) mass is 309 g/mol. The van der Waals surface area contributed by atoms with Gasteiger partial charge in [-0.2, -0.15) is 5.10 Å². The molecule has 2 rings (SSSR count). The van der Waals surface area contributed by atoms with Gasteiger partial charge in [0.25, 0.3) is 0 Å². The van der Waals surface area contributed by atoms with E-state index in [1.165, 1.54) is 10.9 Å². The van der Waals surface area contributed by atoms with Crippen molar-refractivity contribution in [2.24, 2.45) is 5.73 Å². The Morgan fingerprint density at radius 1 is 1.55 bits per heavy atom. The zero-order chi connectivity index (χ0) is 14.7. The highest BCUT2D eigenvalue weighted by molar-refractivity contribution is 7.80. The summed E-state index contributed by atoms with van der Waals surface area (Å²) in [5.41, 5.74) is 7.22. The summed E-state index contributed by atoms with van der Waals surface area (Å²) in [5, 5.41) is 4.53. The van der Waals surface area contributed by atoms with Crippen LogP contribution in [0.5, 0.6) is 0 Å². The van der Waals surface area contributed by atoms with Gasteiger partial charge in [0.1, 0.15) is 4.99 Å². The van der Waals surface area contributed by atoms with E-state index in [2.05, 4.69) is 5.10 Å². The minimum absolute atomic E-state index is 0.231. The largest absolute Gasteiger partial charge is 0.462 e. The van der Waals surface area contributed by atoms with Crippen LogP contribution in [0.25, 0.3) is 5.69 Å². The second-order valence-electron chi connectivity index (χ2n) is 3.92. The summed E-state index contributed by atoms with van der Waals surface area (Å²) in [6, 6.07) is 5.16. The first kappa shape index (κ1) is 14.5. The SMILES string of the molecule is CCOC(=O)c1cnn(-c2ccc(C(N)=S)c(Cl)c2)c1. The van der Waals surface area contributed by atoms with Gasteiger partial charge in [0.15, 0.2) is 0 Å². The molecule has 0 saturated carbocycles. The van der Waals surface area contributed by atoms with Crippen molar-refractivity contribution in [1.82, 2.24) is 9.78 Å². The number of hydrogen-bond donors (Lipinski definition) is 1. The number of carbonyl (C=O) groups excluding carboxylic acids is 1. The third-order valence-electron chi connectivity index (χ3n) is 2.58. The molecule has 0 bridgehead atoms. The Bertz CT molecular complexity index is 669. The quantitative estimate of drug-likeness (QED) is 0.693. The zero-order valence-corrected chi connectivity index (χ0v) is 12.2. The lowest BCUT2D eigenvalue weighted by Crippen LogP contribution is -2.10. The summed E-state index contributed by atoms with van der Waals surface area (Å²) in [4.78, 5) is 11.8. The zero-order valence-electron chi connectivity index (χ0n) is 10.7. The van der Waals surface area contributed by atoms with Crippen molar-refractivity contribution in [1.29, 1.82) is 0 Å². The van der Waals surface area contributed by atoms with Gasteiger partial charge in [-0.3, -0.25) is 0 Å². The molecule has 7 heteroatoms. The molecule has 1 aromatic heterocycles. The molecule has 0 aliphatic carbocycles. The van der Waals surface area contributed by atoms with Crippen molar-refractivity contribution >= 4 is 34.8 Å². The van der Waals surface area contributed by atoms with Gasteiger partial charge >= 0.3 is 5.97 Å². The summed E-state index contributed by atoms with van der Waals surface area (Å²) in [7, 11) is 0. The summed E-state index contributed by atoms with van der Waals surface area (Å²) in [5.74, 6) is -0.412. The molecule has 0 unspecified atom stereocenters. The van der Waals surface area contributed by atoms with Crippen LogP contribution in [0.1, 0.15) is 22.8 Å². The summed E-state index contributed by atoms with van der Waals surface area (Å²) in [6.07, 6.45) is 3.01. The number of nitrogens with zero attached hydrogens (tertiary/aromatic N) is 2. The number of halogens is 1. The Morgan fingerprint density at radius 2 is 2.30 bits per heavy atom. The third-order valence-corrected chi connectivity index (χ3v) is 3.11. The number of carbonyl (C=O) groups is 1. The van der Waals surface area contributed by atoms with Crippen LogP contribution in [0.3, 0.4) is 0 Å². The van der Waals surface area contributed by atoms with Gasteiger partial charge in [0.05, 0.1) is 29.1 Å². The summed E-state index contributed by atoms with van der Waals surface area (Å²) < 4.78 is 6.43. The van der Waals surface area contributed by atoms with Crippen LogP contribution in [-0.2, 0) is 4.74 Å². The summed E-state index contributed by atoms with van der Waals surface area (Å²) >= 11 is 11.0. The Balaban J connectivity index is 2.31. The molecule has 0 aliphatic rings. The molecule has 0 aliphatic heterocycles. The maximum absolute atomic E-state index is 11.6. The number of aromatic nitrogens is 2. The van der Waals surface area contributed by atoms with Crippen molar-refractivity contribution in [3.63, 3.8) is 0 Å². The number of hydrogen-bond acceptors (Lipinski definition) is 4. The van der Waals surface area contributed by atoms with E-state index in [4.69, 9.17) is 34.3 Å². The van der Waals surface area contributed by atoms with E-state index in [0.29, 0.717) is 28.4 Å². The van der Waals surface area contributed by atoms with Crippen molar-refractivity contribution in [3.05, 3.63) is 46.7 Å². The van der Waals surface area contributed by atoms with Gasteiger partial charge in [0, 0.05) is 11.8 Å². The van der Waals surface area contributed by atoms with E-state index >= 15 is 0 Å². The lowest BCUT2D eigenvalue weighted by Gasteiger charge is -2.05. The molecule has 0 radical (unpaired) electrons. The van der Waals surface area contributed by atoms with Crippen LogP contribution in [-0.4, -0.2) is 27.3 Å². The first-order chi connectivity index (χ1) is 9.52. The van der Waals surface area contributed by atoms with Gasteiger partial charge in [-0.05, 0) is 25.1 Å². The molecular formula is C13H12ClN3O2S. The number of benzene rings is 1. The van der Waals surface area contributed by atoms with Gasteiger partial charge < -0.3 is 10.5 Å². The molecule has 2 aromatic rings. The Hall–Kier alpha value is -1.92. The van der Waals surface area contributed by atoms with Gasteiger partial charge in [-0.1, -0.05) is 23.8 Å².